The van der Waals surface area contributed by atoms with Crippen molar-refractivity contribution in [2.45, 2.75) is 84.0 Å². The standard InChI is InChI=1S/C21H42NO2.ClH/c1-5-6-7-8-9-10-11-12-13-14-15-16-17-18-21(23)24-20-19-22(2,3)4;/h12-13H,5-11,14-20H2,1-4H3;1H/q+1;/p-1/b13-12-;. The summed E-state index contributed by atoms with van der Waals surface area (Å²) in [7, 11) is 6.31. The summed E-state index contributed by atoms with van der Waals surface area (Å²) in [6.45, 7) is 3.66. The van der Waals surface area contributed by atoms with E-state index in [2.05, 4.69) is 40.2 Å². The largest absolute Gasteiger partial charge is 1.00 e. The number of halogens is 1. The number of hydrogen-bond donors (Lipinski definition) is 0. The van der Waals surface area contributed by atoms with Gasteiger partial charge in [0.05, 0.1) is 21.1 Å². The number of likely N-dealkylation sites (N-methyl/N-ethyl adjacent to an activating group) is 1. The molecular weight excluding hydrogens is 334 g/mol. The van der Waals surface area contributed by atoms with Gasteiger partial charge in [0, 0.05) is 6.42 Å². The van der Waals surface area contributed by atoms with Crippen molar-refractivity contribution in [1.82, 2.24) is 0 Å². The van der Waals surface area contributed by atoms with Gasteiger partial charge in [-0.05, 0) is 32.1 Å². The van der Waals surface area contributed by atoms with Gasteiger partial charge in [0.15, 0.2) is 0 Å². The van der Waals surface area contributed by atoms with Crippen molar-refractivity contribution < 1.29 is 26.4 Å². The average molecular weight is 376 g/mol. The lowest BCUT2D eigenvalue weighted by Crippen LogP contribution is -3.00. The fourth-order valence-corrected chi connectivity index (χ4v) is 2.49. The monoisotopic (exact) mass is 375 g/mol. The van der Waals surface area contributed by atoms with Crippen LogP contribution < -0.4 is 12.4 Å². The molecule has 0 aliphatic rings. The number of unbranched alkanes of at least 4 members (excludes halogenated alkanes) is 9. The molecule has 3 nitrogen and oxygen atoms in total. The minimum atomic E-state index is -0.0398. The maximum absolute atomic E-state index is 11.6. The number of ether oxygens (including phenoxy) is 1. The second kappa shape index (κ2) is 18.3. The lowest BCUT2D eigenvalue weighted by Gasteiger charge is -2.23. The molecule has 25 heavy (non-hydrogen) atoms. The second-order valence-corrected chi connectivity index (χ2v) is 7.86. The zero-order chi connectivity index (χ0) is 18.1. The molecule has 4 heteroatoms. The number of rotatable bonds is 16. The summed E-state index contributed by atoms with van der Waals surface area (Å²) in [4.78, 5) is 11.6. The minimum Gasteiger partial charge on any atom is -1.00 e. The zero-order valence-corrected chi connectivity index (χ0v) is 18.0. The molecule has 0 saturated carbocycles. The Morgan fingerprint density at radius 1 is 0.840 bits per heavy atom. The van der Waals surface area contributed by atoms with Crippen molar-refractivity contribution in [3.63, 3.8) is 0 Å². The van der Waals surface area contributed by atoms with Crippen molar-refractivity contribution in [2.24, 2.45) is 0 Å². The quantitative estimate of drug-likeness (QED) is 0.179. The van der Waals surface area contributed by atoms with Gasteiger partial charge in [-0.2, -0.15) is 0 Å². The van der Waals surface area contributed by atoms with E-state index >= 15 is 0 Å². The van der Waals surface area contributed by atoms with Gasteiger partial charge >= 0.3 is 5.97 Å². The Kier molecular flexibility index (Phi) is 19.5. The molecule has 0 heterocycles. The molecule has 0 aliphatic heterocycles. The summed E-state index contributed by atoms with van der Waals surface area (Å²) in [5.74, 6) is -0.0398. The van der Waals surface area contributed by atoms with Crippen LogP contribution in [0, 0.1) is 0 Å². The van der Waals surface area contributed by atoms with Crippen LogP contribution in [-0.4, -0.2) is 44.7 Å². The molecule has 0 atom stereocenters. The first-order valence-electron chi connectivity index (χ1n) is 10.1. The Morgan fingerprint density at radius 2 is 1.36 bits per heavy atom. The number of hydrogen-bond acceptors (Lipinski definition) is 2. The molecule has 0 saturated heterocycles. The lowest BCUT2D eigenvalue weighted by atomic mass is 10.1. The summed E-state index contributed by atoms with van der Waals surface area (Å²) < 4.78 is 6.09. The number of carbonyl (C=O) groups excluding carboxylic acids is 1. The first-order valence-corrected chi connectivity index (χ1v) is 10.1. The predicted molar refractivity (Wildman–Crippen MR) is 104 cm³/mol. The van der Waals surface area contributed by atoms with Gasteiger partial charge in [-0.1, -0.05) is 57.6 Å². The van der Waals surface area contributed by atoms with E-state index in [0.29, 0.717) is 13.0 Å². The molecule has 0 radical (unpaired) electrons. The molecule has 0 spiro atoms. The molecule has 0 N–H and O–H groups in total. The minimum absolute atomic E-state index is 0. The van der Waals surface area contributed by atoms with Gasteiger partial charge in [-0.25, -0.2) is 0 Å². The molecule has 0 aromatic carbocycles. The van der Waals surface area contributed by atoms with E-state index in [4.69, 9.17) is 4.74 Å². The zero-order valence-electron chi connectivity index (χ0n) is 17.2. The van der Waals surface area contributed by atoms with Crippen molar-refractivity contribution in [3.8, 4) is 0 Å². The van der Waals surface area contributed by atoms with Crippen molar-refractivity contribution in [1.29, 1.82) is 0 Å². The second-order valence-electron chi connectivity index (χ2n) is 7.86. The highest BCUT2D eigenvalue weighted by Gasteiger charge is 2.08. The normalized spacial score (nSPS) is 11.5. The summed E-state index contributed by atoms with van der Waals surface area (Å²) in [5, 5.41) is 0. The van der Waals surface area contributed by atoms with Crippen LogP contribution in [0.1, 0.15) is 84.0 Å². The fourth-order valence-electron chi connectivity index (χ4n) is 2.49. The van der Waals surface area contributed by atoms with E-state index < -0.39 is 0 Å². The first-order chi connectivity index (χ1) is 11.5. The van der Waals surface area contributed by atoms with Gasteiger partial charge in [-0.3, -0.25) is 4.79 Å². The number of carbonyl (C=O) groups is 1. The van der Waals surface area contributed by atoms with Crippen LogP contribution in [0.3, 0.4) is 0 Å². The van der Waals surface area contributed by atoms with Crippen molar-refractivity contribution in [2.75, 3.05) is 34.3 Å². The molecular formula is C21H42ClNO2. The fraction of sp³-hybridized carbons (Fsp3) is 0.857. The lowest BCUT2D eigenvalue weighted by molar-refractivity contribution is -0.870. The third-order valence-electron chi connectivity index (χ3n) is 4.17. The third kappa shape index (κ3) is 23.5. The average Bonchev–Trinajstić information content (AvgIpc) is 2.50. The third-order valence-corrected chi connectivity index (χ3v) is 4.17. The van der Waals surface area contributed by atoms with E-state index in [1.165, 1.54) is 51.4 Å². The van der Waals surface area contributed by atoms with Gasteiger partial charge in [-0.15, -0.1) is 0 Å². The van der Waals surface area contributed by atoms with Crippen LogP contribution >= 0.6 is 0 Å². The Labute approximate surface area is 163 Å². The first kappa shape index (κ1) is 26.7. The van der Waals surface area contributed by atoms with Gasteiger partial charge in [0.2, 0.25) is 0 Å². The van der Waals surface area contributed by atoms with Crippen LogP contribution in [0.5, 0.6) is 0 Å². The van der Waals surface area contributed by atoms with E-state index in [0.717, 1.165) is 30.3 Å². The van der Waals surface area contributed by atoms with Crippen molar-refractivity contribution >= 4 is 5.97 Å². The maximum atomic E-state index is 11.6. The van der Waals surface area contributed by atoms with E-state index in [9.17, 15) is 4.79 Å². The molecule has 0 fully saturated rings. The van der Waals surface area contributed by atoms with Crippen LogP contribution in [0.15, 0.2) is 12.2 Å². The number of allylic oxidation sites excluding steroid dienone is 2. The van der Waals surface area contributed by atoms with Crippen LogP contribution in [0.25, 0.3) is 0 Å². The van der Waals surface area contributed by atoms with E-state index in [1.807, 2.05) is 0 Å². The molecule has 0 unspecified atom stereocenters. The smallest absolute Gasteiger partial charge is 0.305 e. The van der Waals surface area contributed by atoms with Crippen LogP contribution in [-0.2, 0) is 9.53 Å². The van der Waals surface area contributed by atoms with Gasteiger partial charge in [0.1, 0.15) is 13.2 Å². The van der Waals surface area contributed by atoms with Gasteiger partial charge < -0.3 is 21.6 Å². The van der Waals surface area contributed by atoms with Crippen LogP contribution in [0.4, 0.5) is 0 Å². The number of quaternary nitrogens is 1. The summed E-state index contributed by atoms with van der Waals surface area (Å²) in [6, 6.07) is 0. The summed E-state index contributed by atoms with van der Waals surface area (Å²) in [6.07, 6.45) is 19.1. The SMILES string of the molecule is CCCCCCCC/C=C\CCCCCC(=O)OCC[N+](C)(C)C.[Cl-]. The molecule has 0 amide bonds. The van der Waals surface area contributed by atoms with E-state index in [1.54, 1.807) is 0 Å². The Morgan fingerprint density at radius 3 is 1.92 bits per heavy atom. The Hall–Kier alpha value is -0.540. The highest BCUT2D eigenvalue weighted by atomic mass is 35.5. The summed E-state index contributed by atoms with van der Waals surface area (Å²) in [5.41, 5.74) is 0. The molecule has 150 valence electrons. The van der Waals surface area contributed by atoms with Gasteiger partial charge in [0.25, 0.3) is 0 Å². The van der Waals surface area contributed by atoms with Crippen molar-refractivity contribution in [3.05, 3.63) is 12.2 Å². The maximum Gasteiger partial charge on any atom is 0.305 e. The topological polar surface area (TPSA) is 26.3 Å². The highest BCUT2D eigenvalue weighted by molar-refractivity contribution is 5.69. The molecule has 0 bridgehead atoms. The molecule has 0 aromatic heterocycles. The summed E-state index contributed by atoms with van der Waals surface area (Å²) >= 11 is 0. The van der Waals surface area contributed by atoms with Crippen LogP contribution in [0.2, 0.25) is 0 Å². The van der Waals surface area contributed by atoms with E-state index in [-0.39, 0.29) is 18.4 Å². The molecule has 0 aliphatic carbocycles. The molecule has 0 rings (SSSR count). The number of nitrogens with zero attached hydrogens (tertiary/aromatic N) is 1. The highest BCUT2D eigenvalue weighted by Crippen LogP contribution is 2.09. The number of esters is 1. The predicted octanol–water partition coefficient (Wildman–Crippen LogP) is 2.50. The molecule has 0 aromatic rings. The Bertz CT molecular complexity index is 324. The Balaban J connectivity index is 0.